The lowest BCUT2D eigenvalue weighted by Crippen LogP contribution is -2.41. The van der Waals surface area contributed by atoms with Gasteiger partial charge in [0.15, 0.2) is 0 Å². The number of rotatable bonds is 6. The number of ether oxygens (including phenoxy) is 1. The van der Waals surface area contributed by atoms with Crippen LogP contribution in [-0.4, -0.2) is 28.1 Å². The van der Waals surface area contributed by atoms with Crippen LogP contribution in [0.5, 0.6) is 0 Å². The predicted octanol–water partition coefficient (Wildman–Crippen LogP) is 2.14. The monoisotopic (exact) mass is 427 g/mol. The highest BCUT2D eigenvalue weighted by molar-refractivity contribution is 6.33. The van der Waals surface area contributed by atoms with Gasteiger partial charge in [-0.15, -0.1) is 0 Å². The molecule has 3 rings (SSSR count). The van der Waals surface area contributed by atoms with Gasteiger partial charge < -0.3 is 10.1 Å². The van der Waals surface area contributed by atoms with Gasteiger partial charge in [0.1, 0.15) is 6.54 Å². The molecule has 9 heteroatoms. The van der Waals surface area contributed by atoms with Gasteiger partial charge >= 0.3 is 11.7 Å². The van der Waals surface area contributed by atoms with Crippen molar-refractivity contribution in [3.05, 3.63) is 97.8 Å². The molecule has 0 bridgehead atoms. The number of nitrogens with one attached hydrogen (secondary N) is 1. The summed E-state index contributed by atoms with van der Waals surface area (Å²) >= 11 is 6.07. The SMILES string of the molecule is COC(=O)c1ccc(Cl)c(NC(=O)Cn2c(=O)ccn(Cc3ccccc3)c2=O)c1. The van der Waals surface area contributed by atoms with Crippen molar-refractivity contribution < 1.29 is 14.3 Å². The first-order chi connectivity index (χ1) is 14.4. The highest BCUT2D eigenvalue weighted by Gasteiger charge is 2.14. The van der Waals surface area contributed by atoms with Gasteiger partial charge in [-0.05, 0) is 23.8 Å². The molecule has 0 aliphatic carbocycles. The molecule has 1 amide bonds. The van der Waals surface area contributed by atoms with E-state index in [-0.39, 0.29) is 22.8 Å². The molecule has 8 nitrogen and oxygen atoms in total. The summed E-state index contributed by atoms with van der Waals surface area (Å²) in [6.45, 7) is -0.249. The molecule has 154 valence electrons. The molecule has 0 radical (unpaired) electrons. The number of methoxy groups -OCH3 is 1. The summed E-state index contributed by atoms with van der Waals surface area (Å²) in [5.74, 6) is -1.24. The molecule has 0 atom stereocenters. The van der Waals surface area contributed by atoms with Gasteiger partial charge in [0.2, 0.25) is 5.91 Å². The molecule has 0 unspecified atom stereocenters. The Morgan fingerprint density at radius 3 is 2.50 bits per heavy atom. The van der Waals surface area contributed by atoms with Crippen LogP contribution in [0.4, 0.5) is 5.69 Å². The Kier molecular flexibility index (Phi) is 6.48. The first kappa shape index (κ1) is 21.1. The number of hydrogen-bond acceptors (Lipinski definition) is 5. The summed E-state index contributed by atoms with van der Waals surface area (Å²) in [5.41, 5.74) is 0.0166. The van der Waals surface area contributed by atoms with E-state index in [1.165, 1.54) is 42.1 Å². The van der Waals surface area contributed by atoms with Gasteiger partial charge in [0.05, 0.1) is 29.9 Å². The van der Waals surface area contributed by atoms with Crippen LogP contribution in [0.15, 0.2) is 70.4 Å². The number of anilines is 1. The lowest BCUT2D eigenvalue weighted by molar-refractivity contribution is -0.116. The van der Waals surface area contributed by atoms with Crippen molar-refractivity contribution >= 4 is 29.2 Å². The van der Waals surface area contributed by atoms with Crippen LogP contribution in [-0.2, 0) is 22.6 Å². The van der Waals surface area contributed by atoms with E-state index in [0.717, 1.165) is 10.1 Å². The van der Waals surface area contributed by atoms with Crippen LogP contribution < -0.4 is 16.6 Å². The average molecular weight is 428 g/mol. The van der Waals surface area contributed by atoms with E-state index in [1.807, 2.05) is 30.3 Å². The minimum Gasteiger partial charge on any atom is -0.465 e. The summed E-state index contributed by atoms with van der Waals surface area (Å²) in [5, 5.41) is 2.71. The number of nitrogens with zero attached hydrogens (tertiary/aromatic N) is 2. The molecule has 0 aliphatic rings. The first-order valence-electron chi connectivity index (χ1n) is 8.91. The van der Waals surface area contributed by atoms with E-state index in [0.29, 0.717) is 0 Å². The maximum Gasteiger partial charge on any atom is 0.337 e. The summed E-state index contributed by atoms with van der Waals surface area (Å²) in [4.78, 5) is 49.0. The van der Waals surface area contributed by atoms with Gasteiger partial charge in [0.25, 0.3) is 5.56 Å². The van der Waals surface area contributed by atoms with Crippen LogP contribution in [0.1, 0.15) is 15.9 Å². The average Bonchev–Trinajstić information content (AvgIpc) is 2.75. The molecule has 0 fully saturated rings. The number of carbonyl (C=O) groups excluding carboxylic acids is 2. The molecular weight excluding hydrogens is 410 g/mol. The maximum absolute atomic E-state index is 12.7. The fraction of sp³-hybridized carbons (Fsp3) is 0.143. The van der Waals surface area contributed by atoms with Gasteiger partial charge in [-0.25, -0.2) is 9.59 Å². The summed E-state index contributed by atoms with van der Waals surface area (Å²) in [6, 6.07) is 14.7. The van der Waals surface area contributed by atoms with Crippen molar-refractivity contribution in [3.63, 3.8) is 0 Å². The molecule has 1 heterocycles. The minimum absolute atomic E-state index is 0.165. The van der Waals surface area contributed by atoms with Crippen LogP contribution in [0.25, 0.3) is 0 Å². The van der Waals surface area contributed by atoms with E-state index in [2.05, 4.69) is 10.1 Å². The zero-order chi connectivity index (χ0) is 21.7. The van der Waals surface area contributed by atoms with Crippen molar-refractivity contribution in [3.8, 4) is 0 Å². The number of carbonyl (C=O) groups is 2. The van der Waals surface area contributed by atoms with Gasteiger partial charge in [-0.2, -0.15) is 0 Å². The Balaban J connectivity index is 1.82. The van der Waals surface area contributed by atoms with Crippen molar-refractivity contribution in [1.82, 2.24) is 9.13 Å². The number of esters is 1. The second kappa shape index (κ2) is 9.23. The van der Waals surface area contributed by atoms with Crippen LogP contribution in [0.3, 0.4) is 0 Å². The van der Waals surface area contributed by atoms with E-state index in [9.17, 15) is 19.2 Å². The molecule has 0 saturated carbocycles. The Bertz CT molecular complexity index is 1200. The number of amides is 1. The van der Waals surface area contributed by atoms with Crippen molar-refractivity contribution in [1.29, 1.82) is 0 Å². The van der Waals surface area contributed by atoms with Crippen LogP contribution in [0.2, 0.25) is 5.02 Å². The molecule has 3 aromatic rings. The Morgan fingerprint density at radius 1 is 1.07 bits per heavy atom. The molecule has 2 aromatic carbocycles. The first-order valence-corrected chi connectivity index (χ1v) is 9.29. The van der Waals surface area contributed by atoms with E-state index < -0.39 is 29.7 Å². The number of aromatic nitrogens is 2. The molecule has 0 spiro atoms. The third-order valence-corrected chi connectivity index (χ3v) is 4.63. The van der Waals surface area contributed by atoms with Gasteiger partial charge in [-0.3, -0.25) is 18.7 Å². The predicted molar refractivity (Wildman–Crippen MR) is 112 cm³/mol. The zero-order valence-corrected chi connectivity index (χ0v) is 16.8. The quantitative estimate of drug-likeness (QED) is 0.607. The molecule has 0 aliphatic heterocycles. The highest BCUT2D eigenvalue weighted by Crippen LogP contribution is 2.23. The van der Waals surface area contributed by atoms with Gasteiger partial charge in [-0.1, -0.05) is 41.9 Å². The summed E-state index contributed by atoms with van der Waals surface area (Å²) in [7, 11) is 1.23. The molecule has 1 aromatic heterocycles. The lowest BCUT2D eigenvalue weighted by Gasteiger charge is -2.12. The lowest BCUT2D eigenvalue weighted by atomic mass is 10.2. The molecule has 1 N–H and O–H groups in total. The topological polar surface area (TPSA) is 99.4 Å². The smallest absolute Gasteiger partial charge is 0.337 e. The third-order valence-electron chi connectivity index (χ3n) is 4.30. The van der Waals surface area contributed by atoms with E-state index >= 15 is 0 Å². The Morgan fingerprint density at radius 2 is 1.80 bits per heavy atom. The van der Waals surface area contributed by atoms with Crippen LogP contribution >= 0.6 is 11.6 Å². The van der Waals surface area contributed by atoms with Crippen molar-refractivity contribution in [2.75, 3.05) is 12.4 Å². The fourth-order valence-corrected chi connectivity index (χ4v) is 2.97. The normalized spacial score (nSPS) is 10.5. The Labute approximate surface area is 176 Å². The van der Waals surface area contributed by atoms with Crippen molar-refractivity contribution in [2.45, 2.75) is 13.1 Å². The molecule has 0 saturated heterocycles. The van der Waals surface area contributed by atoms with Gasteiger partial charge in [0, 0.05) is 12.3 Å². The number of halogens is 1. The standard InChI is InChI=1S/C21H18ClN3O5/c1-30-20(28)15-7-8-16(22)17(11-15)23-18(26)13-25-19(27)9-10-24(21(25)29)12-14-5-3-2-4-6-14/h2-11H,12-13H2,1H3,(H,23,26). The fourth-order valence-electron chi connectivity index (χ4n) is 2.80. The zero-order valence-electron chi connectivity index (χ0n) is 16.0. The highest BCUT2D eigenvalue weighted by atomic mass is 35.5. The minimum atomic E-state index is -0.643. The van der Waals surface area contributed by atoms with Crippen LogP contribution in [0, 0.1) is 0 Å². The second-order valence-electron chi connectivity index (χ2n) is 6.37. The van der Waals surface area contributed by atoms with Crippen molar-refractivity contribution in [2.24, 2.45) is 0 Å². The maximum atomic E-state index is 12.7. The third kappa shape index (κ3) is 4.84. The largest absolute Gasteiger partial charge is 0.465 e. The molecular formula is C21H18ClN3O5. The number of benzene rings is 2. The Hall–Kier alpha value is -3.65. The summed E-state index contributed by atoms with van der Waals surface area (Å²) in [6.07, 6.45) is 1.39. The molecule has 30 heavy (non-hydrogen) atoms. The van der Waals surface area contributed by atoms with E-state index in [1.54, 1.807) is 0 Å². The number of hydrogen-bond donors (Lipinski definition) is 1. The van der Waals surface area contributed by atoms with E-state index in [4.69, 9.17) is 11.6 Å². The second-order valence-corrected chi connectivity index (χ2v) is 6.78. The summed E-state index contributed by atoms with van der Waals surface area (Å²) < 4.78 is 6.81.